The van der Waals surface area contributed by atoms with Gasteiger partial charge in [-0.1, -0.05) is 18.2 Å². The molecular weight excluding hydrogens is 384 g/mol. The van der Waals surface area contributed by atoms with E-state index < -0.39 is 0 Å². The van der Waals surface area contributed by atoms with Gasteiger partial charge in [-0.25, -0.2) is 0 Å². The summed E-state index contributed by atoms with van der Waals surface area (Å²) in [5.41, 5.74) is 1.37. The topological polar surface area (TPSA) is 65.3 Å². The highest BCUT2D eigenvalue weighted by molar-refractivity contribution is 5.76. The standard InChI is InChI=1S/C24H28O6/c1-22(14-28-22)11-25-17-8-9-19(21(10-17)27-13-24(3)16-30-24)18-6-4-5-7-20(18)26-12-23(2)15-29-23/h4-10H,11-16H2,1-3H3. The minimum absolute atomic E-state index is 0.170. The van der Waals surface area contributed by atoms with Gasteiger partial charge in [-0.3, -0.25) is 0 Å². The Labute approximate surface area is 177 Å². The summed E-state index contributed by atoms with van der Waals surface area (Å²) in [5, 5.41) is 0. The van der Waals surface area contributed by atoms with E-state index in [0.717, 1.165) is 41.6 Å². The first-order valence-corrected chi connectivity index (χ1v) is 10.4. The van der Waals surface area contributed by atoms with Crippen LogP contribution in [0.1, 0.15) is 20.8 Å². The molecule has 3 unspecified atom stereocenters. The molecule has 2 aromatic carbocycles. The van der Waals surface area contributed by atoms with Crippen molar-refractivity contribution in [2.45, 2.75) is 37.6 Å². The number of ether oxygens (including phenoxy) is 6. The molecule has 3 heterocycles. The van der Waals surface area contributed by atoms with Gasteiger partial charge in [-0.15, -0.1) is 0 Å². The second-order valence-corrected chi connectivity index (χ2v) is 9.24. The smallest absolute Gasteiger partial charge is 0.131 e. The average molecular weight is 412 g/mol. The number of hydrogen-bond acceptors (Lipinski definition) is 6. The maximum Gasteiger partial charge on any atom is 0.131 e. The van der Waals surface area contributed by atoms with Gasteiger partial charge >= 0.3 is 0 Å². The average Bonchev–Trinajstić information content (AvgIpc) is 3.68. The van der Waals surface area contributed by atoms with E-state index in [9.17, 15) is 0 Å². The van der Waals surface area contributed by atoms with Crippen molar-refractivity contribution in [3.63, 3.8) is 0 Å². The number of para-hydroxylation sites is 1. The summed E-state index contributed by atoms with van der Waals surface area (Å²) >= 11 is 0. The van der Waals surface area contributed by atoms with Crippen LogP contribution in [-0.4, -0.2) is 56.4 Å². The monoisotopic (exact) mass is 412 g/mol. The predicted octanol–water partition coefficient (Wildman–Crippen LogP) is 3.86. The van der Waals surface area contributed by atoms with E-state index in [2.05, 4.69) is 6.92 Å². The molecule has 6 heteroatoms. The van der Waals surface area contributed by atoms with Crippen molar-refractivity contribution in [2.24, 2.45) is 0 Å². The largest absolute Gasteiger partial charge is 0.490 e. The van der Waals surface area contributed by atoms with Crippen LogP contribution in [0.15, 0.2) is 42.5 Å². The van der Waals surface area contributed by atoms with Crippen LogP contribution in [0.4, 0.5) is 0 Å². The molecule has 0 saturated carbocycles. The maximum absolute atomic E-state index is 6.20. The molecule has 3 aliphatic heterocycles. The normalized spacial score (nSPS) is 31.2. The zero-order valence-electron chi connectivity index (χ0n) is 17.7. The third-order valence-electron chi connectivity index (χ3n) is 5.65. The highest BCUT2D eigenvalue weighted by Gasteiger charge is 2.42. The molecule has 30 heavy (non-hydrogen) atoms. The molecule has 2 aromatic rings. The van der Waals surface area contributed by atoms with Crippen molar-refractivity contribution in [2.75, 3.05) is 39.6 Å². The van der Waals surface area contributed by atoms with Gasteiger partial charge in [0.15, 0.2) is 0 Å². The number of rotatable bonds is 10. The fourth-order valence-corrected chi connectivity index (χ4v) is 3.07. The Bertz CT molecular complexity index is 927. The van der Waals surface area contributed by atoms with Gasteiger partial charge in [-0.05, 0) is 39.0 Å². The molecule has 0 radical (unpaired) electrons. The van der Waals surface area contributed by atoms with E-state index in [0.29, 0.717) is 26.4 Å². The summed E-state index contributed by atoms with van der Waals surface area (Å²) in [6.07, 6.45) is 0. The molecule has 0 spiro atoms. The Kier molecular flexibility index (Phi) is 4.69. The SMILES string of the molecule is CC1(COc2ccc(-c3ccccc3OCC3(C)CO3)c(OCC3(C)CO3)c2)CO1. The molecule has 3 fully saturated rings. The van der Waals surface area contributed by atoms with E-state index in [1.807, 2.05) is 56.3 Å². The Hall–Kier alpha value is -2.28. The summed E-state index contributed by atoms with van der Waals surface area (Å²) in [4.78, 5) is 0. The van der Waals surface area contributed by atoms with Crippen LogP contribution in [-0.2, 0) is 14.2 Å². The summed E-state index contributed by atoms with van der Waals surface area (Å²) in [5.74, 6) is 2.31. The highest BCUT2D eigenvalue weighted by Crippen LogP contribution is 2.41. The van der Waals surface area contributed by atoms with Crippen LogP contribution in [0.5, 0.6) is 17.2 Å². The number of epoxide rings is 3. The van der Waals surface area contributed by atoms with Crippen LogP contribution >= 0.6 is 0 Å². The van der Waals surface area contributed by atoms with Crippen LogP contribution in [0.25, 0.3) is 11.1 Å². The summed E-state index contributed by atoms with van der Waals surface area (Å²) in [7, 11) is 0. The maximum atomic E-state index is 6.20. The van der Waals surface area contributed by atoms with Crippen LogP contribution < -0.4 is 14.2 Å². The lowest BCUT2D eigenvalue weighted by Crippen LogP contribution is -2.18. The van der Waals surface area contributed by atoms with Gasteiger partial charge in [0.25, 0.3) is 0 Å². The molecular formula is C24H28O6. The predicted molar refractivity (Wildman–Crippen MR) is 111 cm³/mol. The second-order valence-electron chi connectivity index (χ2n) is 9.24. The van der Waals surface area contributed by atoms with Crippen LogP contribution in [0.2, 0.25) is 0 Å². The van der Waals surface area contributed by atoms with Crippen molar-refractivity contribution in [3.8, 4) is 28.4 Å². The molecule has 160 valence electrons. The highest BCUT2D eigenvalue weighted by atomic mass is 16.6. The van der Waals surface area contributed by atoms with Crippen molar-refractivity contribution in [3.05, 3.63) is 42.5 Å². The third-order valence-corrected chi connectivity index (χ3v) is 5.65. The third kappa shape index (κ3) is 4.56. The zero-order valence-corrected chi connectivity index (χ0v) is 17.7. The minimum atomic E-state index is -0.211. The second kappa shape index (κ2) is 7.15. The number of benzene rings is 2. The minimum Gasteiger partial charge on any atom is -0.490 e. The summed E-state index contributed by atoms with van der Waals surface area (Å²) < 4.78 is 34.6. The Morgan fingerprint density at radius 1 is 0.667 bits per heavy atom. The van der Waals surface area contributed by atoms with Crippen molar-refractivity contribution in [1.29, 1.82) is 0 Å². The van der Waals surface area contributed by atoms with E-state index in [1.165, 1.54) is 0 Å². The summed E-state index contributed by atoms with van der Waals surface area (Å²) in [6.45, 7) is 9.85. The lowest BCUT2D eigenvalue weighted by atomic mass is 10.0. The van der Waals surface area contributed by atoms with E-state index >= 15 is 0 Å². The molecule has 0 amide bonds. The molecule has 3 atom stereocenters. The first-order valence-electron chi connectivity index (χ1n) is 10.4. The van der Waals surface area contributed by atoms with Crippen LogP contribution in [0.3, 0.4) is 0 Å². The van der Waals surface area contributed by atoms with Gasteiger partial charge in [0.2, 0.25) is 0 Å². The van der Waals surface area contributed by atoms with Crippen molar-refractivity contribution in [1.82, 2.24) is 0 Å². The molecule has 6 nitrogen and oxygen atoms in total. The Balaban J connectivity index is 1.41. The van der Waals surface area contributed by atoms with Gasteiger partial charge in [-0.2, -0.15) is 0 Å². The van der Waals surface area contributed by atoms with E-state index in [4.69, 9.17) is 28.4 Å². The quantitative estimate of drug-likeness (QED) is 0.552. The summed E-state index contributed by atoms with van der Waals surface area (Å²) in [6, 6.07) is 13.9. The number of hydrogen-bond donors (Lipinski definition) is 0. The lowest BCUT2D eigenvalue weighted by Gasteiger charge is -2.18. The molecule has 0 bridgehead atoms. The molecule has 0 aromatic heterocycles. The first-order chi connectivity index (χ1) is 14.4. The van der Waals surface area contributed by atoms with Crippen LogP contribution in [0, 0.1) is 0 Å². The van der Waals surface area contributed by atoms with Gasteiger partial charge < -0.3 is 28.4 Å². The molecule has 5 rings (SSSR count). The lowest BCUT2D eigenvalue weighted by molar-refractivity contribution is 0.195. The fourth-order valence-electron chi connectivity index (χ4n) is 3.07. The van der Waals surface area contributed by atoms with Gasteiger partial charge in [0.1, 0.15) is 53.9 Å². The van der Waals surface area contributed by atoms with Gasteiger partial charge in [0, 0.05) is 17.2 Å². The van der Waals surface area contributed by atoms with E-state index in [1.54, 1.807) is 0 Å². The molecule has 0 aliphatic carbocycles. The van der Waals surface area contributed by atoms with Gasteiger partial charge in [0.05, 0.1) is 19.8 Å². The van der Waals surface area contributed by atoms with Crippen molar-refractivity contribution < 1.29 is 28.4 Å². The molecule has 0 N–H and O–H groups in total. The molecule has 3 aliphatic rings. The van der Waals surface area contributed by atoms with Crippen molar-refractivity contribution >= 4 is 0 Å². The Morgan fingerprint density at radius 2 is 1.17 bits per heavy atom. The zero-order chi connectivity index (χ0) is 20.8. The molecule has 3 saturated heterocycles. The fraction of sp³-hybridized carbons (Fsp3) is 0.500. The Morgan fingerprint density at radius 3 is 1.77 bits per heavy atom. The first kappa shape index (κ1) is 19.7. The van der Waals surface area contributed by atoms with E-state index in [-0.39, 0.29) is 16.8 Å².